The Labute approximate surface area is 174 Å². The fourth-order valence-corrected chi connectivity index (χ4v) is 4.13. The summed E-state index contributed by atoms with van der Waals surface area (Å²) in [4.78, 5) is 2.60. The van der Waals surface area contributed by atoms with Gasteiger partial charge in [0.05, 0.1) is 14.2 Å². The van der Waals surface area contributed by atoms with Gasteiger partial charge in [-0.05, 0) is 24.0 Å². The molecule has 29 heavy (non-hydrogen) atoms. The van der Waals surface area contributed by atoms with Crippen LogP contribution >= 0.6 is 0 Å². The number of piperazine rings is 1. The Morgan fingerprint density at radius 2 is 1.66 bits per heavy atom. The maximum absolute atomic E-state index is 6.36. The van der Waals surface area contributed by atoms with E-state index in [0.717, 1.165) is 49.2 Å². The predicted molar refractivity (Wildman–Crippen MR) is 115 cm³/mol. The quantitative estimate of drug-likeness (QED) is 0.693. The van der Waals surface area contributed by atoms with Gasteiger partial charge in [0.25, 0.3) is 0 Å². The zero-order chi connectivity index (χ0) is 20.1. The third-order valence-corrected chi connectivity index (χ3v) is 5.96. The van der Waals surface area contributed by atoms with Gasteiger partial charge in [-0.3, -0.25) is 4.90 Å². The number of rotatable bonds is 9. The van der Waals surface area contributed by atoms with Crippen LogP contribution in [0.1, 0.15) is 36.4 Å². The predicted octanol–water partition coefficient (Wildman–Crippen LogP) is 4.03. The summed E-state index contributed by atoms with van der Waals surface area (Å²) in [6, 6.07) is 14.8. The molecule has 1 aliphatic heterocycles. The van der Waals surface area contributed by atoms with Gasteiger partial charge in [-0.1, -0.05) is 43.2 Å². The van der Waals surface area contributed by atoms with Crippen LogP contribution in [0.5, 0.6) is 17.2 Å². The van der Waals surface area contributed by atoms with Gasteiger partial charge in [-0.2, -0.15) is 0 Å². The second-order valence-corrected chi connectivity index (χ2v) is 8.00. The molecule has 1 heterocycles. The van der Waals surface area contributed by atoms with E-state index in [2.05, 4.69) is 28.4 Å². The van der Waals surface area contributed by atoms with Gasteiger partial charge in [0, 0.05) is 43.9 Å². The lowest BCUT2D eigenvalue weighted by molar-refractivity contribution is 0.155. The van der Waals surface area contributed by atoms with Crippen LogP contribution in [0.25, 0.3) is 0 Å². The highest BCUT2D eigenvalue weighted by atomic mass is 16.5. The molecule has 1 saturated carbocycles. The second-order valence-electron chi connectivity index (χ2n) is 8.00. The van der Waals surface area contributed by atoms with Crippen molar-refractivity contribution in [2.75, 3.05) is 40.4 Å². The zero-order valence-electron chi connectivity index (χ0n) is 17.5. The molecule has 2 aromatic carbocycles. The first-order valence-electron chi connectivity index (χ1n) is 10.7. The minimum atomic E-state index is 0.343. The first-order chi connectivity index (χ1) is 14.3. The van der Waals surface area contributed by atoms with E-state index in [1.165, 1.54) is 24.8 Å². The number of nitrogens with zero attached hydrogens (tertiary/aromatic N) is 1. The molecule has 0 unspecified atom stereocenters. The Bertz CT molecular complexity index is 786. The maximum atomic E-state index is 6.36. The molecule has 4 rings (SSSR count). The van der Waals surface area contributed by atoms with Crippen LogP contribution in [0, 0.1) is 5.92 Å². The minimum Gasteiger partial charge on any atom is -0.493 e. The van der Waals surface area contributed by atoms with Crippen molar-refractivity contribution in [1.29, 1.82) is 0 Å². The lowest BCUT2D eigenvalue weighted by Gasteiger charge is -2.36. The normalized spacial score (nSPS) is 18.3. The van der Waals surface area contributed by atoms with Crippen molar-refractivity contribution in [2.45, 2.75) is 31.9 Å². The molecule has 0 radical (unpaired) electrons. The Balaban J connectivity index is 1.67. The minimum absolute atomic E-state index is 0.343. The van der Waals surface area contributed by atoms with Gasteiger partial charge in [-0.15, -0.1) is 0 Å². The van der Waals surface area contributed by atoms with Crippen molar-refractivity contribution in [3.63, 3.8) is 0 Å². The molecule has 5 heteroatoms. The highest BCUT2D eigenvalue weighted by Crippen LogP contribution is 2.45. The SMILES string of the molecule is COc1cc(OCc2ccccc2)c([C@@H](CC2CC2)N2CCNCC2)cc1OC. The van der Waals surface area contributed by atoms with Gasteiger partial charge >= 0.3 is 0 Å². The van der Waals surface area contributed by atoms with E-state index in [9.17, 15) is 0 Å². The van der Waals surface area contributed by atoms with Gasteiger partial charge in [0.1, 0.15) is 12.4 Å². The first kappa shape index (κ1) is 20.0. The van der Waals surface area contributed by atoms with E-state index in [-0.39, 0.29) is 0 Å². The van der Waals surface area contributed by atoms with E-state index in [1.807, 2.05) is 24.3 Å². The van der Waals surface area contributed by atoms with E-state index in [4.69, 9.17) is 14.2 Å². The second kappa shape index (κ2) is 9.51. The van der Waals surface area contributed by atoms with Crippen molar-refractivity contribution in [1.82, 2.24) is 10.2 Å². The molecule has 0 amide bonds. The summed E-state index contributed by atoms with van der Waals surface area (Å²) < 4.78 is 17.6. The summed E-state index contributed by atoms with van der Waals surface area (Å²) in [5.74, 6) is 3.20. The van der Waals surface area contributed by atoms with Gasteiger partial charge < -0.3 is 19.5 Å². The van der Waals surface area contributed by atoms with Gasteiger partial charge in [0.2, 0.25) is 0 Å². The first-order valence-corrected chi connectivity index (χ1v) is 10.7. The molecule has 1 N–H and O–H groups in total. The average molecular weight is 397 g/mol. The number of methoxy groups -OCH3 is 2. The highest BCUT2D eigenvalue weighted by molar-refractivity contribution is 5.52. The fourth-order valence-electron chi connectivity index (χ4n) is 4.13. The lowest BCUT2D eigenvalue weighted by atomic mass is 9.97. The summed E-state index contributed by atoms with van der Waals surface area (Å²) in [6.07, 6.45) is 3.86. The van der Waals surface area contributed by atoms with E-state index < -0.39 is 0 Å². The molecular weight excluding hydrogens is 364 g/mol. The van der Waals surface area contributed by atoms with Gasteiger partial charge in [-0.25, -0.2) is 0 Å². The smallest absolute Gasteiger partial charge is 0.164 e. The molecule has 1 aliphatic carbocycles. The number of nitrogens with one attached hydrogen (secondary N) is 1. The Hall–Kier alpha value is -2.24. The standard InChI is InChI=1S/C24H32N2O3/c1-27-23-15-20(21(14-18-8-9-18)26-12-10-25-11-13-26)22(16-24(23)28-2)29-17-19-6-4-3-5-7-19/h3-7,15-16,18,21,25H,8-14,17H2,1-2H3/t21-/m1/s1. The molecule has 5 nitrogen and oxygen atoms in total. The summed E-state index contributed by atoms with van der Waals surface area (Å²) in [6.45, 7) is 4.73. The van der Waals surface area contributed by atoms with Crippen LogP contribution in [-0.4, -0.2) is 45.3 Å². The number of hydrogen-bond acceptors (Lipinski definition) is 5. The number of hydrogen-bond donors (Lipinski definition) is 1. The van der Waals surface area contributed by atoms with Crippen LogP contribution in [0.2, 0.25) is 0 Å². The van der Waals surface area contributed by atoms with Crippen molar-refractivity contribution in [3.05, 3.63) is 53.6 Å². The van der Waals surface area contributed by atoms with Crippen molar-refractivity contribution < 1.29 is 14.2 Å². The molecule has 1 saturated heterocycles. The van der Waals surface area contributed by atoms with Crippen molar-refractivity contribution in [2.24, 2.45) is 5.92 Å². The van der Waals surface area contributed by atoms with Crippen LogP contribution < -0.4 is 19.5 Å². The third kappa shape index (κ3) is 5.03. The van der Waals surface area contributed by atoms with Gasteiger partial charge in [0.15, 0.2) is 11.5 Å². The molecular formula is C24H32N2O3. The van der Waals surface area contributed by atoms with Crippen LogP contribution in [0.15, 0.2) is 42.5 Å². The summed E-state index contributed by atoms with van der Waals surface area (Å²) >= 11 is 0. The molecule has 0 aromatic heterocycles. The van der Waals surface area contributed by atoms with E-state index in [0.29, 0.717) is 18.4 Å². The zero-order valence-corrected chi connectivity index (χ0v) is 17.5. The van der Waals surface area contributed by atoms with E-state index in [1.54, 1.807) is 14.2 Å². The molecule has 0 spiro atoms. The summed E-state index contributed by atoms with van der Waals surface area (Å²) in [5, 5.41) is 3.47. The van der Waals surface area contributed by atoms with E-state index >= 15 is 0 Å². The van der Waals surface area contributed by atoms with Crippen molar-refractivity contribution in [3.8, 4) is 17.2 Å². The molecule has 2 aromatic rings. The number of ether oxygens (including phenoxy) is 3. The fraction of sp³-hybridized carbons (Fsp3) is 0.500. The molecule has 2 aliphatic rings. The topological polar surface area (TPSA) is 43.0 Å². The molecule has 156 valence electrons. The monoisotopic (exact) mass is 396 g/mol. The highest BCUT2D eigenvalue weighted by Gasteiger charge is 2.33. The van der Waals surface area contributed by atoms with Crippen LogP contribution in [0.4, 0.5) is 0 Å². The average Bonchev–Trinajstić information content (AvgIpc) is 3.61. The van der Waals surface area contributed by atoms with Crippen LogP contribution in [0.3, 0.4) is 0 Å². The Morgan fingerprint density at radius 3 is 2.31 bits per heavy atom. The largest absolute Gasteiger partial charge is 0.493 e. The Kier molecular flexibility index (Phi) is 6.57. The summed E-state index contributed by atoms with van der Waals surface area (Å²) in [7, 11) is 3.38. The molecule has 0 bridgehead atoms. The Morgan fingerprint density at radius 1 is 0.966 bits per heavy atom. The maximum Gasteiger partial charge on any atom is 0.164 e. The lowest BCUT2D eigenvalue weighted by Crippen LogP contribution is -2.45. The third-order valence-electron chi connectivity index (χ3n) is 5.96. The molecule has 1 atom stereocenters. The molecule has 2 fully saturated rings. The van der Waals surface area contributed by atoms with Crippen molar-refractivity contribution >= 4 is 0 Å². The van der Waals surface area contributed by atoms with Crippen LogP contribution in [-0.2, 0) is 6.61 Å². The summed E-state index contributed by atoms with van der Waals surface area (Å²) in [5.41, 5.74) is 2.38. The number of benzene rings is 2.